The summed E-state index contributed by atoms with van der Waals surface area (Å²) in [6.45, 7) is 0. The van der Waals surface area contributed by atoms with Crippen molar-refractivity contribution < 1.29 is 14.0 Å². The van der Waals surface area contributed by atoms with Crippen LogP contribution in [0.1, 0.15) is 16.7 Å². The Morgan fingerprint density at radius 2 is 1.75 bits per heavy atom. The summed E-state index contributed by atoms with van der Waals surface area (Å²) in [6.07, 6.45) is 3.70. The SMILES string of the molecule is CN(C)c1ccc(/C=N/NC(=O)[C@@H](Cc2c[nH]c3ccccc23)NC(=O)Cc2ccc(F)cc2)cc1. The van der Waals surface area contributed by atoms with Crippen molar-refractivity contribution in [1.29, 1.82) is 0 Å². The highest BCUT2D eigenvalue weighted by Gasteiger charge is 2.22. The minimum atomic E-state index is -0.856. The number of hydrogen-bond donors (Lipinski definition) is 3. The van der Waals surface area contributed by atoms with Gasteiger partial charge in [0.05, 0.1) is 12.6 Å². The monoisotopic (exact) mass is 485 g/mol. The number of rotatable bonds is 9. The maximum atomic E-state index is 13.2. The van der Waals surface area contributed by atoms with Gasteiger partial charge in [-0.2, -0.15) is 5.10 Å². The average molecular weight is 486 g/mol. The maximum absolute atomic E-state index is 13.2. The van der Waals surface area contributed by atoms with E-state index in [1.165, 1.54) is 12.1 Å². The Hall–Kier alpha value is -4.46. The molecule has 1 aromatic heterocycles. The quantitative estimate of drug-likeness (QED) is 0.249. The molecular weight excluding hydrogens is 457 g/mol. The summed E-state index contributed by atoms with van der Waals surface area (Å²) in [4.78, 5) is 31.0. The Morgan fingerprint density at radius 1 is 1.03 bits per heavy atom. The molecular formula is C28H28FN5O2. The predicted octanol–water partition coefficient (Wildman–Crippen LogP) is 3.79. The second-order valence-electron chi connectivity index (χ2n) is 8.71. The molecule has 0 aliphatic carbocycles. The van der Waals surface area contributed by atoms with Crippen LogP contribution in [0, 0.1) is 5.82 Å². The second kappa shape index (κ2) is 11.3. The Kier molecular flexibility index (Phi) is 7.75. The van der Waals surface area contributed by atoms with E-state index in [-0.39, 0.29) is 24.6 Å². The highest BCUT2D eigenvalue weighted by molar-refractivity contribution is 5.91. The number of aromatic amines is 1. The topological polar surface area (TPSA) is 89.6 Å². The van der Waals surface area contributed by atoms with E-state index in [0.29, 0.717) is 5.56 Å². The molecule has 0 aliphatic heterocycles. The standard InChI is InChI=1S/C28H28FN5O2/c1-34(2)23-13-9-20(10-14-23)17-31-33-28(36)26(16-21-18-30-25-6-4-3-5-24(21)25)32-27(35)15-19-7-11-22(29)12-8-19/h3-14,17-18,26,30H,15-16H2,1-2H3,(H,32,35)(H,33,36)/b31-17+/t26-/m1/s1. The lowest BCUT2D eigenvalue weighted by molar-refractivity contribution is -0.128. The first-order chi connectivity index (χ1) is 17.4. The lowest BCUT2D eigenvalue weighted by atomic mass is 10.0. The third kappa shape index (κ3) is 6.35. The molecule has 4 aromatic rings. The molecule has 0 radical (unpaired) electrons. The van der Waals surface area contributed by atoms with Gasteiger partial charge in [-0.3, -0.25) is 9.59 Å². The van der Waals surface area contributed by atoms with Crippen molar-refractivity contribution in [3.8, 4) is 0 Å². The summed E-state index contributed by atoms with van der Waals surface area (Å²) in [6, 6.07) is 20.3. The summed E-state index contributed by atoms with van der Waals surface area (Å²) in [7, 11) is 3.92. The van der Waals surface area contributed by atoms with E-state index in [4.69, 9.17) is 0 Å². The van der Waals surface area contributed by atoms with Gasteiger partial charge >= 0.3 is 0 Å². The Balaban J connectivity index is 1.47. The second-order valence-corrected chi connectivity index (χ2v) is 8.71. The van der Waals surface area contributed by atoms with E-state index >= 15 is 0 Å². The van der Waals surface area contributed by atoms with Crippen LogP contribution in [0.3, 0.4) is 0 Å². The van der Waals surface area contributed by atoms with Crippen LogP contribution in [0.5, 0.6) is 0 Å². The number of anilines is 1. The summed E-state index contributed by atoms with van der Waals surface area (Å²) < 4.78 is 13.2. The maximum Gasteiger partial charge on any atom is 0.262 e. The largest absolute Gasteiger partial charge is 0.378 e. The van der Waals surface area contributed by atoms with E-state index in [0.717, 1.165) is 27.7 Å². The zero-order chi connectivity index (χ0) is 25.5. The number of nitrogens with one attached hydrogen (secondary N) is 3. The average Bonchev–Trinajstić information content (AvgIpc) is 3.28. The van der Waals surface area contributed by atoms with E-state index in [1.54, 1.807) is 18.3 Å². The van der Waals surface area contributed by atoms with Gasteiger partial charge in [-0.1, -0.05) is 42.5 Å². The minimum absolute atomic E-state index is 0.0272. The molecule has 2 amide bonds. The molecule has 4 rings (SSSR count). The van der Waals surface area contributed by atoms with Gasteiger partial charge in [0.2, 0.25) is 5.91 Å². The fourth-order valence-electron chi connectivity index (χ4n) is 3.87. The van der Waals surface area contributed by atoms with Gasteiger partial charge in [-0.25, -0.2) is 9.82 Å². The zero-order valence-corrected chi connectivity index (χ0v) is 20.2. The number of carbonyl (C=O) groups is 2. The molecule has 0 spiro atoms. The number of carbonyl (C=O) groups excluding carboxylic acids is 2. The molecule has 36 heavy (non-hydrogen) atoms. The van der Waals surface area contributed by atoms with Gasteiger partial charge < -0.3 is 15.2 Å². The summed E-state index contributed by atoms with van der Waals surface area (Å²) in [5.74, 6) is -1.15. The Bertz CT molecular complexity index is 1360. The molecule has 0 fully saturated rings. The van der Waals surface area contributed by atoms with Crippen molar-refractivity contribution in [3.05, 3.63) is 102 Å². The van der Waals surface area contributed by atoms with Crippen molar-refractivity contribution in [3.63, 3.8) is 0 Å². The number of H-pyrrole nitrogens is 1. The van der Waals surface area contributed by atoms with E-state index in [1.807, 2.05) is 73.7 Å². The number of benzene rings is 3. The third-order valence-electron chi connectivity index (χ3n) is 5.83. The minimum Gasteiger partial charge on any atom is -0.378 e. The molecule has 1 heterocycles. The van der Waals surface area contributed by atoms with Gasteiger partial charge in [-0.15, -0.1) is 0 Å². The molecule has 1 atom stereocenters. The van der Waals surface area contributed by atoms with Crippen LogP contribution in [0.2, 0.25) is 0 Å². The van der Waals surface area contributed by atoms with E-state index < -0.39 is 11.9 Å². The van der Waals surface area contributed by atoms with Crippen molar-refractivity contribution in [1.82, 2.24) is 15.7 Å². The Labute approximate surface area is 209 Å². The first-order valence-electron chi connectivity index (χ1n) is 11.6. The van der Waals surface area contributed by atoms with Crippen LogP contribution >= 0.6 is 0 Å². The summed E-state index contributed by atoms with van der Waals surface area (Å²) in [5, 5.41) is 7.88. The van der Waals surface area contributed by atoms with Crippen LogP contribution in [0.25, 0.3) is 10.9 Å². The lowest BCUT2D eigenvalue weighted by Gasteiger charge is -2.17. The summed E-state index contributed by atoms with van der Waals surface area (Å²) in [5.41, 5.74) is 6.93. The smallest absolute Gasteiger partial charge is 0.262 e. The van der Waals surface area contributed by atoms with Gasteiger partial charge in [0.15, 0.2) is 0 Å². The third-order valence-corrected chi connectivity index (χ3v) is 5.83. The number of hydrazone groups is 1. The van der Waals surface area contributed by atoms with Crippen LogP contribution < -0.4 is 15.6 Å². The normalized spacial score (nSPS) is 12.0. The van der Waals surface area contributed by atoms with Crippen molar-refractivity contribution in [2.24, 2.45) is 5.10 Å². The number of nitrogens with zero attached hydrogens (tertiary/aromatic N) is 2. The molecule has 0 unspecified atom stereocenters. The van der Waals surface area contributed by atoms with Crippen molar-refractivity contribution in [2.75, 3.05) is 19.0 Å². The molecule has 3 aromatic carbocycles. The van der Waals surface area contributed by atoms with Gasteiger partial charge in [-0.05, 0) is 47.0 Å². The van der Waals surface area contributed by atoms with E-state index in [9.17, 15) is 14.0 Å². The van der Waals surface area contributed by atoms with Crippen molar-refractivity contribution in [2.45, 2.75) is 18.9 Å². The van der Waals surface area contributed by atoms with Crippen molar-refractivity contribution >= 4 is 34.6 Å². The predicted molar refractivity (Wildman–Crippen MR) is 141 cm³/mol. The van der Waals surface area contributed by atoms with Crippen LogP contribution in [-0.4, -0.2) is 43.2 Å². The number of para-hydroxylation sites is 1. The van der Waals surface area contributed by atoms with Gasteiger partial charge in [0.1, 0.15) is 11.9 Å². The molecule has 7 nitrogen and oxygen atoms in total. The zero-order valence-electron chi connectivity index (χ0n) is 20.2. The van der Waals surface area contributed by atoms with E-state index in [2.05, 4.69) is 20.8 Å². The Morgan fingerprint density at radius 3 is 2.47 bits per heavy atom. The molecule has 0 bridgehead atoms. The first kappa shape index (κ1) is 24.7. The lowest BCUT2D eigenvalue weighted by Crippen LogP contribution is -2.47. The van der Waals surface area contributed by atoms with Crippen LogP contribution in [0.4, 0.5) is 10.1 Å². The van der Waals surface area contributed by atoms with Gasteiger partial charge in [0, 0.05) is 43.3 Å². The molecule has 0 saturated heterocycles. The number of halogens is 1. The van der Waals surface area contributed by atoms with Crippen LogP contribution in [-0.2, 0) is 22.4 Å². The summed E-state index contributed by atoms with van der Waals surface area (Å²) >= 11 is 0. The fourth-order valence-corrected chi connectivity index (χ4v) is 3.87. The highest BCUT2D eigenvalue weighted by Crippen LogP contribution is 2.19. The number of aromatic nitrogens is 1. The molecule has 0 aliphatic rings. The highest BCUT2D eigenvalue weighted by atomic mass is 19.1. The number of hydrogen-bond acceptors (Lipinski definition) is 4. The number of amides is 2. The molecule has 0 saturated carbocycles. The molecule has 3 N–H and O–H groups in total. The molecule has 184 valence electrons. The van der Waals surface area contributed by atoms with Gasteiger partial charge in [0.25, 0.3) is 5.91 Å². The molecule has 8 heteroatoms. The number of fused-ring (bicyclic) bond motifs is 1. The first-order valence-corrected chi connectivity index (χ1v) is 11.6. The fraction of sp³-hybridized carbons (Fsp3) is 0.179. The van der Waals surface area contributed by atoms with Crippen LogP contribution in [0.15, 0.2) is 84.1 Å².